The molecule has 1 aromatic rings. The molecule has 1 heterocycles. The van der Waals surface area contributed by atoms with Crippen molar-refractivity contribution in [3.63, 3.8) is 0 Å². The molecule has 0 aromatic heterocycles. The lowest BCUT2D eigenvalue weighted by molar-refractivity contribution is -0.134. The zero-order chi connectivity index (χ0) is 22.6. The molecule has 7 nitrogen and oxygen atoms in total. The normalized spacial score (nSPS) is 19.9. The van der Waals surface area contributed by atoms with Gasteiger partial charge in [-0.3, -0.25) is 14.9 Å². The third-order valence-corrected chi connectivity index (χ3v) is 7.80. The van der Waals surface area contributed by atoms with Crippen LogP contribution in [0.5, 0.6) is 5.75 Å². The highest BCUT2D eigenvalue weighted by atomic mass is 32.2. The van der Waals surface area contributed by atoms with Gasteiger partial charge in [0, 0.05) is 11.8 Å². The molecule has 1 saturated heterocycles. The van der Waals surface area contributed by atoms with Crippen LogP contribution in [0.15, 0.2) is 18.2 Å². The summed E-state index contributed by atoms with van der Waals surface area (Å²) in [6.07, 6.45) is 3.25. The molecule has 1 saturated carbocycles. The molecule has 1 aliphatic carbocycles. The van der Waals surface area contributed by atoms with Crippen LogP contribution in [0, 0.1) is 11.7 Å². The van der Waals surface area contributed by atoms with Crippen molar-refractivity contribution in [1.82, 2.24) is 10.6 Å². The maximum atomic E-state index is 14.1. The predicted molar refractivity (Wildman–Crippen MR) is 115 cm³/mol. The van der Waals surface area contributed by atoms with Gasteiger partial charge < -0.3 is 10.1 Å². The highest BCUT2D eigenvalue weighted by Gasteiger charge is 2.30. The average Bonchev–Trinajstić information content (AvgIpc) is 3.49. The Labute approximate surface area is 183 Å². The minimum absolute atomic E-state index is 0.0249. The Morgan fingerprint density at radius 2 is 1.97 bits per heavy atom. The minimum Gasteiger partial charge on any atom is -0.490 e. The molecule has 0 radical (unpaired) electrons. The van der Waals surface area contributed by atoms with E-state index < -0.39 is 27.1 Å². The van der Waals surface area contributed by atoms with Crippen LogP contribution in [0.4, 0.5) is 4.39 Å². The largest absolute Gasteiger partial charge is 0.490 e. The van der Waals surface area contributed by atoms with Crippen LogP contribution in [-0.2, 0) is 24.8 Å². The van der Waals surface area contributed by atoms with Crippen molar-refractivity contribution in [3.05, 3.63) is 29.6 Å². The summed E-state index contributed by atoms with van der Waals surface area (Å²) in [5.41, 5.74) is 0.00583. The van der Waals surface area contributed by atoms with Crippen LogP contribution in [0.2, 0.25) is 0 Å². The van der Waals surface area contributed by atoms with Gasteiger partial charge in [0.2, 0.25) is 11.8 Å². The van der Waals surface area contributed by atoms with Gasteiger partial charge in [0.25, 0.3) is 0 Å². The number of halogens is 1. The van der Waals surface area contributed by atoms with Crippen molar-refractivity contribution in [3.8, 4) is 5.75 Å². The number of imide groups is 1. The van der Waals surface area contributed by atoms with Gasteiger partial charge in [-0.05, 0) is 55.8 Å². The van der Waals surface area contributed by atoms with Crippen molar-refractivity contribution >= 4 is 21.7 Å². The second kappa shape index (κ2) is 9.65. The van der Waals surface area contributed by atoms with Crippen molar-refractivity contribution in [2.75, 3.05) is 24.7 Å². The molecule has 3 rings (SSSR count). The van der Waals surface area contributed by atoms with Crippen LogP contribution >= 0.6 is 0 Å². The van der Waals surface area contributed by atoms with E-state index in [1.54, 1.807) is 12.1 Å². The Morgan fingerprint density at radius 3 is 2.65 bits per heavy atom. The van der Waals surface area contributed by atoms with Crippen molar-refractivity contribution in [1.29, 1.82) is 0 Å². The summed E-state index contributed by atoms with van der Waals surface area (Å²) < 4.78 is 45.1. The van der Waals surface area contributed by atoms with Crippen molar-refractivity contribution in [2.24, 2.45) is 5.92 Å². The van der Waals surface area contributed by atoms with E-state index in [9.17, 15) is 22.4 Å². The van der Waals surface area contributed by atoms with Crippen LogP contribution in [0.25, 0.3) is 0 Å². The number of sulfone groups is 1. The van der Waals surface area contributed by atoms with E-state index in [1.165, 1.54) is 6.07 Å². The molecule has 1 aromatic carbocycles. The molecule has 2 amide bonds. The number of hydrogen-bond donors (Lipinski definition) is 2. The molecule has 0 spiro atoms. The molecule has 1 atom stereocenters. The van der Waals surface area contributed by atoms with Gasteiger partial charge in [0.1, 0.15) is 0 Å². The number of ether oxygens (including phenoxy) is 1. The van der Waals surface area contributed by atoms with E-state index >= 15 is 0 Å². The monoisotopic (exact) mass is 454 g/mol. The number of benzene rings is 1. The first kappa shape index (κ1) is 23.7. The van der Waals surface area contributed by atoms with Gasteiger partial charge in [-0.1, -0.05) is 19.9 Å². The van der Waals surface area contributed by atoms with Gasteiger partial charge in [0.05, 0.1) is 24.2 Å². The molecule has 31 heavy (non-hydrogen) atoms. The fraction of sp³-hybridized carbons (Fsp3) is 0.636. The standard InChI is InChI=1S/C22H31FN2O5S/c1-22(2,16-6-7-17(23)19(12-16)30-13-15-4-5-15)14-31(28,29)11-3-10-24-18-8-9-20(26)25-21(18)27/h6-7,12,15,18,24H,3-5,8-11,13-14H2,1-2H3,(H,25,26,27). The lowest BCUT2D eigenvalue weighted by Gasteiger charge is -2.26. The van der Waals surface area contributed by atoms with Crippen molar-refractivity contribution < 1.29 is 27.1 Å². The Bertz CT molecular complexity index is 928. The van der Waals surface area contributed by atoms with Crippen molar-refractivity contribution in [2.45, 2.75) is 57.4 Å². The Balaban J connectivity index is 1.51. The van der Waals surface area contributed by atoms with E-state index in [0.717, 1.165) is 12.8 Å². The third-order valence-electron chi connectivity index (χ3n) is 5.73. The summed E-state index contributed by atoms with van der Waals surface area (Å²) in [5, 5.41) is 5.28. The maximum absolute atomic E-state index is 14.1. The fourth-order valence-electron chi connectivity index (χ4n) is 3.69. The first-order chi connectivity index (χ1) is 14.6. The second-order valence-electron chi connectivity index (χ2n) is 9.19. The van der Waals surface area contributed by atoms with Gasteiger partial charge in [-0.25, -0.2) is 12.8 Å². The molecule has 172 valence electrons. The topological polar surface area (TPSA) is 102 Å². The zero-order valence-electron chi connectivity index (χ0n) is 18.1. The van der Waals surface area contributed by atoms with Gasteiger partial charge in [0.15, 0.2) is 21.4 Å². The molecule has 9 heteroatoms. The van der Waals surface area contributed by atoms with Crippen LogP contribution in [0.3, 0.4) is 0 Å². The SMILES string of the molecule is CC(C)(CS(=O)(=O)CCCNC1CCC(=O)NC1=O)c1ccc(F)c(OCC2CC2)c1. The molecular formula is C22H31FN2O5S. The predicted octanol–water partition coefficient (Wildman–Crippen LogP) is 2.09. The number of piperidine rings is 1. The first-order valence-corrected chi connectivity index (χ1v) is 12.6. The van der Waals surface area contributed by atoms with Gasteiger partial charge >= 0.3 is 0 Å². The zero-order valence-corrected chi connectivity index (χ0v) is 18.9. The number of nitrogens with one attached hydrogen (secondary N) is 2. The van der Waals surface area contributed by atoms with E-state index in [2.05, 4.69) is 10.6 Å². The van der Waals surface area contributed by atoms with Crippen LogP contribution < -0.4 is 15.4 Å². The van der Waals surface area contributed by atoms with E-state index in [4.69, 9.17) is 4.74 Å². The van der Waals surface area contributed by atoms with Crippen LogP contribution in [0.1, 0.15) is 51.5 Å². The fourth-order valence-corrected chi connectivity index (χ4v) is 5.68. The van der Waals surface area contributed by atoms with Gasteiger partial charge in [-0.2, -0.15) is 0 Å². The quantitative estimate of drug-likeness (QED) is 0.392. The first-order valence-electron chi connectivity index (χ1n) is 10.8. The highest BCUT2D eigenvalue weighted by molar-refractivity contribution is 7.91. The second-order valence-corrected chi connectivity index (χ2v) is 11.4. The molecule has 1 unspecified atom stereocenters. The number of hydrogen-bond acceptors (Lipinski definition) is 6. The van der Waals surface area contributed by atoms with Crippen LogP contribution in [-0.4, -0.2) is 50.9 Å². The Hall–Kier alpha value is -2.00. The molecule has 2 aliphatic rings. The maximum Gasteiger partial charge on any atom is 0.243 e. The Kier molecular flexibility index (Phi) is 7.36. The summed E-state index contributed by atoms with van der Waals surface area (Å²) in [4.78, 5) is 22.9. The molecular weight excluding hydrogens is 423 g/mol. The third kappa shape index (κ3) is 7.00. The van der Waals surface area contributed by atoms with E-state index in [0.29, 0.717) is 37.5 Å². The summed E-state index contributed by atoms with van der Waals surface area (Å²) in [5.74, 6) is -0.531. The summed E-state index contributed by atoms with van der Waals surface area (Å²) in [6, 6.07) is 4.08. The molecule has 0 bridgehead atoms. The minimum atomic E-state index is -3.38. The lowest BCUT2D eigenvalue weighted by atomic mass is 9.86. The summed E-state index contributed by atoms with van der Waals surface area (Å²) in [7, 11) is -3.38. The number of carbonyl (C=O) groups is 2. The summed E-state index contributed by atoms with van der Waals surface area (Å²) >= 11 is 0. The average molecular weight is 455 g/mol. The molecule has 2 fully saturated rings. The number of amides is 2. The highest BCUT2D eigenvalue weighted by Crippen LogP contribution is 2.33. The summed E-state index contributed by atoms with van der Waals surface area (Å²) in [6.45, 7) is 4.50. The number of rotatable bonds is 11. The molecule has 1 aliphatic heterocycles. The van der Waals surface area contributed by atoms with E-state index in [1.807, 2.05) is 13.8 Å². The number of carbonyl (C=O) groups excluding carboxylic acids is 2. The smallest absolute Gasteiger partial charge is 0.243 e. The van der Waals surface area contributed by atoms with E-state index in [-0.39, 0.29) is 35.5 Å². The van der Waals surface area contributed by atoms with Gasteiger partial charge in [-0.15, -0.1) is 0 Å². The molecule has 2 N–H and O–H groups in total. The Morgan fingerprint density at radius 1 is 1.23 bits per heavy atom. The lowest BCUT2D eigenvalue weighted by Crippen LogP contribution is -2.51.